The first kappa shape index (κ1) is 13.4. The standard InChI is InChI=1S/C15H17NO3/c1-10-12(8-13(16)15(17)18-2)9-14(19-10)11-6-4-3-5-7-11/h3-7,9,13H,8,16H2,1-2H3. The lowest BCUT2D eigenvalue weighted by Crippen LogP contribution is -2.33. The lowest BCUT2D eigenvalue weighted by atomic mass is 10.1. The van der Waals surface area contributed by atoms with Gasteiger partial charge in [-0.15, -0.1) is 0 Å². The number of ether oxygens (including phenoxy) is 1. The number of aryl methyl sites for hydroxylation is 1. The summed E-state index contributed by atoms with van der Waals surface area (Å²) < 4.78 is 10.3. The summed E-state index contributed by atoms with van der Waals surface area (Å²) >= 11 is 0. The maximum Gasteiger partial charge on any atom is 0.322 e. The monoisotopic (exact) mass is 259 g/mol. The third kappa shape index (κ3) is 3.03. The van der Waals surface area contributed by atoms with Gasteiger partial charge in [0.1, 0.15) is 17.6 Å². The Morgan fingerprint density at radius 1 is 1.37 bits per heavy atom. The van der Waals surface area contributed by atoms with Gasteiger partial charge in [0.25, 0.3) is 0 Å². The zero-order valence-electron chi connectivity index (χ0n) is 11.1. The van der Waals surface area contributed by atoms with Gasteiger partial charge in [0, 0.05) is 12.0 Å². The van der Waals surface area contributed by atoms with E-state index in [1.54, 1.807) is 0 Å². The molecule has 19 heavy (non-hydrogen) atoms. The van der Waals surface area contributed by atoms with Gasteiger partial charge in [-0.2, -0.15) is 0 Å². The van der Waals surface area contributed by atoms with Crippen LogP contribution in [0.2, 0.25) is 0 Å². The van der Waals surface area contributed by atoms with Crippen LogP contribution in [-0.4, -0.2) is 19.1 Å². The summed E-state index contributed by atoms with van der Waals surface area (Å²) in [5.74, 6) is 1.14. The van der Waals surface area contributed by atoms with E-state index in [0.717, 1.165) is 22.6 Å². The molecule has 0 spiro atoms. The Hall–Kier alpha value is -2.07. The Labute approximate surface area is 112 Å². The highest BCUT2D eigenvalue weighted by Crippen LogP contribution is 2.25. The summed E-state index contributed by atoms with van der Waals surface area (Å²) in [5, 5.41) is 0. The van der Waals surface area contributed by atoms with Gasteiger partial charge < -0.3 is 14.9 Å². The maximum atomic E-state index is 11.3. The van der Waals surface area contributed by atoms with Crippen LogP contribution in [0.5, 0.6) is 0 Å². The van der Waals surface area contributed by atoms with E-state index in [1.165, 1.54) is 7.11 Å². The third-order valence-electron chi connectivity index (χ3n) is 3.02. The van der Waals surface area contributed by atoms with Crippen molar-refractivity contribution in [2.75, 3.05) is 7.11 Å². The maximum absolute atomic E-state index is 11.3. The van der Waals surface area contributed by atoms with E-state index in [-0.39, 0.29) is 0 Å². The van der Waals surface area contributed by atoms with Crippen molar-refractivity contribution in [1.82, 2.24) is 0 Å². The largest absolute Gasteiger partial charge is 0.468 e. The van der Waals surface area contributed by atoms with E-state index < -0.39 is 12.0 Å². The van der Waals surface area contributed by atoms with Crippen molar-refractivity contribution in [3.63, 3.8) is 0 Å². The molecule has 2 rings (SSSR count). The van der Waals surface area contributed by atoms with E-state index in [9.17, 15) is 4.79 Å². The molecule has 100 valence electrons. The van der Waals surface area contributed by atoms with Crippen LogP contribution in [-0.2, 0) is 16.0 Å². The molecule has 0 amide bonds. The van der Waals surface area contributed by atoms with Crippen LogP contribution < -0.4 is 5.73 Å². The number of rotatable bonds is 4. The third-order valence-corrected chi connectivity index (χ3v) is 3.02. The number of benzene rings is 1. The van der Waals surface area contributed by atoms with Crippen molar-refractivity contribution in [2.45, 2.75) is 19.4 Å². The van der Waals surface area contributed by atoms with Crippen LogP contribution in [0, 0.1) is 6.92 Å². The van der Waals surface area contributed by atoms with Crippen molar-refractivity contribution in [2.24, 2.45) is 5.73 Å². The molecule has 1 unspecified atom stereocenters. The van der Waals surface area contributed by atoms with Crippen LogP contribution in [0.3, 0.4) is 0 Å². The molecule has 0 aliphatic carbocycles. The fraction of sp³-hybridized carbons (Fsp3) is 0.267. The van der Waals surface area contributed by atoms with Gasteiger partial charge in [-0.3, -0.25) is 4.79 Å². The summed E-state index contributed by atoms with van der Waals surface area (Å²) in [6.45, 7) is 1.87. The van der Waals surface area contributed by atoms with Gasteiger partial charge in [0.05, 0.1) is 7.11 Å². The molecule has 1 heterocycles. The van der Waals surface area contributed by atoms with Crippen molar-refractivity contribution >= 4 is 5.97 Å². The molecule has 0 fully saturated rings. The van der Waals surface area contributed by atoms with Crippen molar-refractivity contribution in [3.05, 3.63) is 47.7 Å². The number of carbonyl (C=O) groups excluding carboxylic acids is 1. The van der Waals surface area contributed by atoms with Gasteiger partial charge in [-0.25, -0.2) is 0 Å². The predicted octanol–water partition coefficient (Wildman–Crippen LogP) is 2.30. The van der Waals surface area contributed by atoms with Crippen LogP contribution >= 0.6 is 0 Å². The summed E-state index contributed by atoms with van der Waals surface area (Å²) in [6.07, 6.45) is 0.412. The molecule has 2 N–H and O–H groups in total. The number of furan rings is 1. The second-order valence-electron chi connectivity index (χ2n) is 4.39. The molecule has 4 nitrogen and oxygen atoms in total. The Balaban J connectivity index is 2.20. The Bertz CT molecular complexity index is 560. The number of hydrogen-bond donors (Lipinski definition) is 1. The molecule has 1 aromatic heterocycles. The number of nitrogens with two attached hydrogens (primary N) is 1. The first-order valence-electron chi connectivity index (χ1n) is 6.10. The van der Waals surface area contributed by atoms with Gasteiger partial charge in [-0.1, -0.05) is 30.3 Å². The molecule has 0 saturated carbocycles. The SMILES string of the molecule is COC(=O)C(N)Cc1cc(-c2ccccc2)oc1C. The molecular formula is C15H17NO3. The second-order valence-corrected chi connectivity index (χ2v) is 4.39. The van der Waals surface area contributed by atoms with E-state index >= 15 is 0 Å². The van der Waals surface area contributed by atoms with E-state index in [0.29, 0.717) is 6.42 Å². The molecule has 0 aliphatic heterocycles. The highest BCUT2D eigenvalue weighted by atomic mass is 16.5. The molecular weight excluding hydrogens is 242 g/mol. The van der Waals surface area contributed by atoms with Gasteiger partial charge in [0.15, 0.2) is 0 Å². The zero-order chi connectivity index (χ0) is 13.8. The number of esters is 1. The molecule has 4 heteroatoms. The van der Waals surface area contributed by atoms with Crippen LogP contribution in [0.4, 0.5) is 0 Å². The highest BCUT2D eigenvalue weighted by Gasteiger charge is 2.18. The van der Waals surface area contributed by atoms with Crippen molar-refractivity contribution < 1.29 is 13.9 Å². The molecule has 0 aliphatic rings. The average Bonchev–Trinajstić information content (AvgIpc) is 2.80. The molecule has 1 atom stereocenters. The van der Waals surface area contributed by atoms with E-state index in [1.807, 2.05) is 43.3 Å². The molecule has 0 radical (unpaired) electrons. The minimum atomic E-state index is -0.662. The topological polar surface area (TPSA) is 65.5 Å². The molecule has 1 aromatic carbocycles. The summed E-state index contributed by atoms with van der Waals surface area (Å²) in [7, 11) is 1.33. The molecule has 0 saturated heterocycles. The van der Waals surface area contributed by atoms with Crippen molar-refractivity contribution in [1.29, 1.82) is 0 Å². The lowest BCUT2D eigenvalue weighted by Gasteiger charge is -2.07. The van der Waals surface area contributed by atoms with E-state index in [4.69, 9.17) is 10.2 Å². The van der Waals surface area contributed by atoms with E-state index in [2.05, 4.69) is 4.74 Å². The number of hydrogen-bond acceptors (Lipinski definition) is 4. The number of methoxy groups -OCH3 is 1. The van der Waals surface area contributed by atoms with Crippen molar-refractivity contribution in [3.8, 4) is 11.3 Å². The minimum absolute atomic E-state index is 0.412. The van der Waals surface area contributed by atoms with Crippen LogP contribution in [0.15, 0.2) is 40.8 Å². The van der Waals surface area contributed by atoms with Crippen LogP contribution in [0.1, 0.15) is 11.3 Å². The molecule has 2 aromatic rings. The predicted molar refractivity (Wildman–Crippen MR) is 72.6 cm³/mol. The van der Waals surface area contributed by atoms with Crippen LogP contribution in [0.25, 0.3) is 11.3 Å². The average molecular weight is 259 g/mol. The van der Waals surface area contributed by atoms with Gasteiger partial charge >= 0.3 is 5.97 Å². The Morgan fingerprint density at radius 3 is 2.68 bits per heavy atom. The quantitative estimate of drug-likeness (QED) is 0.856. The molecule has 0 bridgehead atoms. The fourth-order valence-electron chi connectivity index (χ4n) is 1.94. The number of carbonyl (C=O) groups is 1. The minimum Gasteiger partial charge on any atom is -0.468 e. The smallest absolute Gasteiger partial charge is 0.322 e. The summed E-state index contributed by atoms with van der Waals surface area (Å²) in [6, 6.07) is 11.1. The lowest BCUT2D eigenvalue weighted by molar-refractivity contribution is -0.142. The highest BCUT2D eigenvalue weighted by molar-refractivity contribution is 5.75. The second kappa shape index (κ2) is 5.71. The first-order valence-corrected chi connectivity index (χ1v) is 6.10. The summed E-state index contributed by atoms with van der Waals surface area (Å²) in [4.78, 5) is 11.3. The Morgan fingerprint density at radius 2 is 2.05 bits per heavy atom. The van der Waals surface area contributed by atoms with Gasteiger partial charge in [0.2, 0.25) is 0 Å². The Kier molecular flexibility index (Phi) is 4.02. The first-order chi connectivity index (χ1) is 9.11. The van der Waals surface area contributed by atoms with Gasteiger partial charge in [-0.05, 0) is 18.6 Å². The summed E-state index contributed by atoms with van der Waals surface area (Å²) in [5.41, 5.74) is 7.69. The normalized spacial score (nSPS) is 12.2. The fourth-order valence-corrected chi connectivity index (χ4v) is 1.94. The zero-order valence-corrected chi connectivity index (χ0v) is 11.1.